The van der Waals surface area contributed by atoms with Crippen LogP contribution in [-0.2, 0) is 0 Å². The Morgan fingerprint density at radius 1 is 0.200 bits per heavy atom. The van der Waals surface area contributed by atoms with E-state index in [9.17, 15) is 0 Å². The molecule has 75 heavy (non-hydrogen) atoms. The Morgan fingerprint density at radius 3 is 0.560 bits per heavy atom. The number of hydrogen-bond donors (Lipinski definition) is 0. The summed E-state index contributed by atoms with van der Waals surface area (Å²) < 4.78 is 3.68. The summed E-state index contributed by atoms with van der Waals surface area (Å²) >= 11 is 10.5. The van der Waals surface area contributed by atoms with Crippen molar-refractivity contribution >= 4 is 81.8 Å². The van der Waals surface area contributed by atoms with Gasteiger partial charge in [0.2, 0.25) is 0 Å². The number of thiophene rings is 5. The van der Waals surface area contributed by atoms with Crippen molar-refractivity contribution in [1.29, 1.82) is 0 Å². The lowest BCUT2D eigenvalue weighted by molar-refractivity contribution is 0.608. The van der Waals surface area contributed by atoms with Gasteiger partial charge in [-0.2, -0.15) is 0 Å². The maximum absolute atomic E-state index is 2.66. The van der Waals surface area contributed by atoms with Crippen molar-refractivity contribution in [2.45, 2.75) is 309 Å². The average molecular weight is 1150 g/mol. The van der Waals surface area contributed by atoms with Gasteiger partial charge in [-0.3, -0.25) is 0 Å². The molecule has 0 aliphatic carbocycles. The highest BCUT2D eigenvalue weighted by atomic mass is 32.1. The minimum atomic E-state index is -1.62. The molecule has 0 radical (unpaired) electrons. The maximum atomic E-state index is 2.66. The molecular formula is C68H112S5Si2. The molecule has 5 aromatic heterocycles. The Bertz CT molecular complexity index is 1900. The molecule has 422 valence electrons. The van der Waals surface area contributed by atoms with Crippen molar-refractivity contribution in [2.75, 3.05) is 0 Å². The van der Waals surface area contributed by atoms with E-state index in [2.05, 4.69) is 125 Å². The molecule has 5 rings (SSSR count). The first-order valence-corrected chi connectivity index (χ1v) is 41.8. The summed E-state index contributed by atoms with van der Waals surface area (Å²) in [5, 5.41) is 0. The van der Waals surface area contributed by atoms with E-state index in [0.717, 1.165) is 0 Å². The minimum absolute atomic E-state index is 1.34. The van der Waals surface area contributed by atoms with Gasteiger partial charge in [0.05, 0.1) is 16.1 Å². The molecule has 0 saturated heterocycles. The second-order valence-corrected chi connectivity index (χ2v) is 38.8. The van der Waals surface area contributed by atoms with Crippen LogP contribution in [0.15, 0.2) is 60.7 Å². The van der Waals surface area contributed by atoms with E-state index in [0.29, 0.717) is 0 Å². The summed E-state index contributed by atoms with van der Waals surface area (Å²) in [5.41, 5.74) is 0. The maximum Gasteiger partial charge on any atom is 0.0995 e. The van der Waals surface area contributed by atoms with E-state index in [1.165, 1.54) is 306 Å². The van der Waals surface area contributed by atoms with Crippen molar-refractivity contribution in [3.8, 4) is 39.0 Å². The first-order valence-electron chi connectivity index (χ1n) is 32.5. The largest absolute Gasteiger partial charge is 0.144 e. The monoisotopic (exact) mass is 1140 g/mol. The van der Waals surface area contributed by atoms with Gasteiger partial charge in [0.15, 0.2) is 0 Å². The van der Waals surface area contributed by atoms with E-state index < -0.39 is 16.1 Å². The van der Waals surface area contributed by atoms with Gasteiger partial charge in [0.25, 0.3) is 0 Å². The average Bonchev–Trinajstić information content (AvgIpc) is 4.30. The third kappa shape index (κ3) is 23.1. The molecule has 0 N–H and O–H groups in total. The van der Waals surface area contributed by atoms with Gasteiger partial charge in [-0.25, -0.2) is 0 Å². The highest BCUT2D eigenvalue weighted by Gasteiger charge is 2.37. The van der Waals surface area contributed by atoms with Crippen LogP contribution in [0.2, 0.25) is 36.3 Å². The highest BCUT2D eigenvalue weighted by Crippen LogP contribution is 2.45. The summed E-state index contributed by atoms with van der Waals surface area (Å²) in [7, 11) is -3.23. The summed E-state index contributed by atoms with van der Waals surface area (Å²) in [4.78, 5) is 11.8. The molecule has 0 unspecified atom stereocenters. The van der Waals surface area contributed by atoms with Crippen molar-refractivity contribution in [3.63, 3.8) is 0 Å². The molecule has 0 nitrogen and oxygen atoms in total. The van der Waals surface area contributed by atoms with Crippen LogP contribution in [0.4, 0.5) is 0 Å². The Balaban J connectivity index is 1.32. The number of rotatable bonds is 48. The number of hydrogen-bond acceptors (Lipinski definition) is 5. The van der Waals surface area contributed by atoms with Crippen molar-refractivity contribution in [2.24, 2.45) is 0 Å². The lowest BCUT2D eigenvalue weighted by atomic mass is 10.1. The van der Waals surface area contributed by atoms with E-state index >= 15 is 0 Å². The molecule has 0 fully saturated rings. The third-order valence-electron chi connectivity index (χ3n) is 17.1. The molecule has 0 bridgehead atoms. The molecule has 0 spiro atoms. The lowest BCUT2D eigenvalue weighted by Gasteiger charge is -2.32. The summed E-state index contributed by atoms with van der Waals surface area (Å²) in [6, 6.07) is 34.2. The molecule has 5 aromatic rings. The third-order valence-corrected chi connectivity index (χ3v) is 36.4. The second-order valence-electron chi connectivity index (χ2n) is 23.5. The van der Waals surface area contributed by atoms with Crippen molar-refractivity contribution in [3.05, 3.63) is 60.7 Å². The normalized spacial score (nSPS) is 12.2. The van der Waals surface area contributed by atoms with E-state index in [1.54, 1.807) is 0 Å². The lowest BCUT2D eigenvalue weighted by Crippen LogP contribution is -2.45. The van der Waals surface area contributed by atoms with Crippen LogP contribution in [-0.4, -0.2) is 16.1 Å². The Kier molecular flexibility index (Phi) is 34.0. The van der Waals surface area contributed by atoms with E-state index in [1.807, 2.05) is 43.0 Å². The zero-order chi connectivity index (χ0) is 53.1. The second kappa shape index (κ2) is 39.3. The first-order chi connectivity index (χ1) is 36.9. The molecule has 0 saturated carbocycles. The molecule has 5 heterocycles. The van der Waals surface area contributed by atoms with Crippen molar-refractivity contribution < 1.29 is 0 Å². The number of unbranched alkanes of at least 4 members (excludes halogenated alkanes) is 30. The van der Waals surface area contributed by atoms with Gasteiger partial charge >= 0.3 is 0 Å². The van der Waals surface area contributed by atoms with Crippen LogP contribution in [0.3, 0.4) is 0 Å². The molecule has 0 amide bonds. The van der Waals surface area contributed by atoms with Crippen LogP contribution in [0.25, 0.3) is 39.0 Å². The van der Waals surface area contributed by atoms with Gasteiger partial charge in [0.1, 0.15) is 0 Å². The van der Waals surface area contributed by atoms with Crippen molar-refractivity contribution in [1.82, 2.24) is 0 Å². The highest BCUT2D eigenvalue weighted by molar-refractivity contribution is 7.33. The summed E-state index contributed by atoms with van der Waals surface area (Å²) in [5.74, 6) is 0. The molecule has 7 heteroatoms. The SMILES string of the molecule is CCCCCCCC[Si](CCCCCCCC)(CCCCCCCC)c1ccc(-c2ccc(-c3ccc(-c4ccc(-c5ccc([Si](CCCCCCCC)(CCCCCCCC)CCCCCCCC)s5)s4)s3)s2)s1. The fraction of sp³-hybridized carbons (Fsp3) is 0.706. The van der Waals surface area contributed by atoms with Crippen LogP contribution in [0.1, 0.15) is 273 Å². The van der Waals surface area contributed by atoms with Gasteiger partial charge in [0, 0.05) is 39.0 Å². The molecule has 0 aliphatic heterocycles. The Hall–Kier alpha value is -1.07. The zero-order valence-electron chi connectivity index (χ0n) is 49.5. The minimum Gasteiger partial charge on any atom is -0.144 e. The molecular weight excluding hydrogens is 1030 g/mol. The van der Waals surface area contributed by atoms with Gasteiger partial charge in [-0.1, -0.05) is 321 Å². The van der Waals surface area contributed by atoms with Gasteiger partial charge < -0.3 is 0 Å². The van der Waals surface area contributed by atoms with Gasteiger partial charge in [-0.05, 0) is 57.5 Å². The summed E-state index contributed by atoms with van der Waals surface area (Å²) in [6.07, 6.45) is 51.1. The van der Waals surface area contributed by atoms with Gasteiger partial charge in [-0.15, -0.1) is 56.7 Å². The zero-order valence-corrected chi connectivity index (χ0v) is 55.6. The Labute approximate surface area is 486 Å². The molecule has 0 aliphatic rings. The quantitative estimate of drug-likeness (QED) is 0.0269. The van der Waals surface area contributed by atoms with Crippen LogP contribution in [0, 0.1) is 0 Å². The summed E-state index contributed by atoms with van der Waals surface area (Å²) in [6.45, 7) is 14.1. The Morgan fingerprint density at radius 2 is 0.360 bits per heavy atom. The predicted octanol–water partition coefficient (Wildman–Crippen LogP) is 26.1. The topological polar surface area (TPSA) is 0 Å². The fourth-order valence-electron chi connectivity index (χ4n) is 12.3. The smallest absolute Gasteiger partial charge is 0.0995 e. The van der Waals surface area contributed by atoms with E-state index in [4.69, 9.17) is 0 Å². The predicted molar refractivity (Wildman–Crippen MR) is 357 cm³/mol. The first kappa shape index (κ1) is 64.8. The van der Waals surface area contributed by atoms with E-state index in [-0.39, 0.29) is 0 Å². The fourth-order valence-corrected chi connectivity index (χ4v) is 30.8. The van der Waals surface area contributed by atoms with Crippen LogP contribution < -0.4 is 9.00 Å². The molecule has 0 atom stereocenters. The molecule has 0 aromatic carbocycles. The van der Waals surface area contributed by atoms with Crippen LogP contribution >= 0.6 is 56.7 Å². The standard InChI is InChI=1S/C68H112S5Si2/c1-7-13-19-25-31-37-53-74(54-38-32-26-20-14-8-2,55-39-33-27-21-15-9-3)67-51-49-65(72-67)63-47-45-61(70-63)59-43-44-60(69-59)62-46-48-64(71-62)66-50-52-68(73-66)75(56-40-34-28-22-16-10-4,57-41-35-29-23-17-11-5)58-42-36-30-24-18-12-6/h43-52H,7-42,53-58H2,1-6H3. The van der Waals surface area contributed by atoms with Crippen LogP contribution in [0.5, 0.6) is 0 Å².